The number of carboxylic acids is 1. The lowest BCUT2D eigenvalue weighted by atomic mass is 10.1. The van der Waals surface area contributed by atoms with Crippen LogP contribution in [0.15, 0.2) is 25.6 Å². The minimum absolute atomic E-state index is 0.0658. The van der Waals surface area contributed by atoms with Gasteiger partial charge in [0.2, 0.25) is 0 Å². The van der Waals surface area contributed by atoms with Crippen LogP contribution < -0.4 is 5.73 Å². The molecule has 0 bridgehead atoms. The maximum Gasteiger partial charge on any atom is 0.338 e. The van der Waals surface area contributed by atoms with Crippen LogP contribution in [0.25, 0.3) is 5.52 Å². The second-order valence-corrected chi connectivity index (χ2v) is 4.34. The summed E-state index contributed by atoms with van der Waals surface area (Å²) in [5.41, 5.74) is 6.75. The highest BCUT2D eigenvalue weighted by atomic mass is 16.5. The number of methoxy groups -OCH3 is 1. The molecule has 1 atom stereocenters. The van der Waals surface area contributed by atoms with Gasteiger partial charge in [-0.3, -0.25) is 0 Å². The Kier molecular flexibility index (Phi) is 6.48. The highest BCUT2D eigenvalue weighted by molar-refractivity contribution is 5.99. The molecule has 0 aliphatic carbocycles. The fourth-order valence-corrected chi connectivity index (χ4v) is 2.07. The number of aliphatic hydroxyl groups excluding tert-OH is 1. The Hall–Kier alpha value is -2.45. The molecule has 0 aliphatic heterocycles. The van der Waals surface area contributed by atoms with Crippen LogP contribution in [0.3, 0.4) is 0 Å². The van der Waals surface area contributed by atoms with Crippen molar-refractivity contribution in [1.29, 1.82) is 0 Å². The second kappa shape index (κ2) is 8.11. The van der Waals surface area contributed by atoms with Crippen LogP contribution in [0.4, 0.5) is 5.82 Å². The van der Waals surface area contributed by atoms with Crippen molar-refractivity contribution in [3.63, 3.8) is 0 Å². The number of nitrogen functional groups attached to an aromatic ring is 1. The number of aliphatic hydroxyl groups is 1. The molecule has 2 aromatic heterocycles. The van der Waals surface area contributed by atoms with Gasteiger partial charge in [0.25, 0.3) is 0 Å². The Morgan fingerprint density at radius 2 is 2.23 bits per heavy atom. The third kappa shape index (κ3) is 3.60. The number of fused-ring (bicyclic) bond motifs is 1. The summed E-state index contributed by atoms with van der Waals surface area (Å²) in [5, 5.41) is 22.3. The minimum atomic E-state index is -1.08. The highest BCUT2D eigenvalue weighted by Crippen LogP contribution is 2.21. The maximum absolute atomic E-state index is 11.2. The molecule has 22 heavy (non-hydrogen) atoms. The fraction of sp³-hybridized carbons (Fsp3) is 0.357. The summed E-state index contributed by atoms with van der Waals surface area (Å²) < 4.78 is 6.55. The van der Waals surface area contributed by atoms with Crippen LogP contribution in [0.2, 0.25) is 0 Å². The number of hydrogen-bond acceptors (Lipinski definition) is 6. The lowest BCUT2D eigenvalue weighted by molar-refractivity contribution is 0.0433. The molecule has 120 valence electrons. The largest absolute Gasteiger partial charge is 0.478 e. The van der Waals surface area contributed by atoms with Crippen molar-refractivity contribution < 1.29 is 19.7 Å². The van der Waals surface area contributed by atoms with Gasteiger partial charge in [0.05, 0.1) is 18.3 Å². The number of nitrogens with zero attached hydrogens (tertiary/aromatic N) is 3. The van der Waals surface area contributed by atoms with Crippen molar-refractivity contribution in [1.82, 2.24) is 14.6 Å². The van der Waals surface area contributed by atoms with E-state index in [9.17, 15) is 9.90 Å². The standard InChI is InChI=1S/C12H16N4O4.C2H4/c1-20-8(5-17)3-2-7-4-9(12(18)19)10-11(13)14-6-15-16(7)10;1-2/h4,6,8,17H,2-3,5H2,1H3,(H,18,19)(H2,13,14,15);1-2H2/t8-;/m0./s1. The molecule has 8 heteroatoms. The minimum Gasteiger partial charge on any atom is -0.478 e. The Balaban J connectivity index is 0.00000116. The van der Waals surface area contributed by atoms with Crippen LogP contribution in [-0.4, -0.2) is 50.6 Å². The van der Waals surface area contributed by atoms with Gasteiger partial charge in [0.1, 0.15) is 11.8 Å². The van der Waals surface area contributed by atoms with Crippen molar-refractivity contribution >= 4 is 17.3 Å². The number of carbonyl (C=O) groups is 1. The molecule has 4 N–H and O–H groups in total. The average Bonchev–Trinajstić information content (AvgIpc) is 2.91. The Bertz CT molecular complexity index is 637. The topological polar surface area (TPSA) is 123 Å². The predicted molar refractivity (Wildman–Crippen MR) is 81.8 cm³/mol. The smallest absolute Gasteiger partial charge is 0.338 e. The van der Waals surface area contributed by atoms with Gasteiger partial charge in [-0.1, -0.05) is 0 Å². The first kappa shape index (κ1) is 17.6. The maximum atomic E-state index is 11.2. The molecule has 0 aromatic carbocycles. The van der Waals surface area contributed by atoms with Crippen molar-refractivity contribution in [2.24, 2.45) is 0 Å². The van der Waals surface area contributed by atoms with Gasteiger partial charge in [0.15, 0.2) is 5.82 Å². The number of aryl methyl sites for hydroxylation is 1. The van der Waals surface area contributed by atoms with Crippen molar-refractivity contribution in [3.8, 4) is 0 Å². The number of nitrogens with two attached hydrogens (primary N) is 1. The molecule has 0 radical (unpaired) electrons. The molecule has 8 nitrogen and oxygen atoms in total. The number of ether oxygens (including phenoxy) is 1. The number of hydrogen-bond donors (Lipinski definition) is 3. The number of aromatic nitrogens is 3. The van der Waals surface area contributed by atoms with Gasteiger partial charge in [0, 0.05) is 12.8 Å². The van der Waals surface area contributed by atoms with Gasteiger partial charge >= 0.3 is 5.97 Å². The quantitative estimate of drug-likeness (QED) is 0.673. The normalized spacial score (nSPS) is 11.7. The number of rotatable bonds is 6. The first-order valence-corrected chi connectivity index (χ1v) is 6.56. The molecule has 0 saturated carbocycles. The fourth-order valence-electron chi connectivity index (χ4n) is 2.07. The van der Waals surface area contributed by atoms with E-state index in [1.807, 2.05) is 0 Å². The lowest BCUT2D eigenvalue weighted by Crippen LogP contribution is -2.16. The predicted octanol–water partition coefficient (Wildman–Crippen LogP) is 0.752. The molecule has 0 amide bonds. The third-order valence-electron chi connectivity index (χ3n) is 3.15. The van der Waals surface area contributed by atoms with E-state index in [2.05, 4.69) is 23.2 Å². The van der Waals surface area contributed by atoms with E-state index in [4.69, 9.17) is 15.6 Å². The van der Waals surface area contributed by atoms with E-state index in [0.717, 1.165) is 0 Å². The summed E-state index contributed by atoms with van der Waals surface area (Å²) >= 11 is 0. The van der Waals surface area contributed by atoms with Gasteiger partial charge < -0.3 is 20.7 Å². The van der Waals surface area contributed by atoms with Gasteiger partial charge in [-0.05, 0) is 18.9 Å². The van der Waals surface area contributed by atoms with Crippen LogP contribution in [0, 0.1) is 0 Å². The average molecular weight is 308 g/mol. The summed E-state index contributed by atoms with van der Waals surface area (Å²) in [6.07, 6.45) is 2.02. The number of anilines is 1. The number of carboxylic acid groups (broad SMARTS) is 1. The summed E-state index contributed by atoms with van der Waals surface area (Å²) in [7, 11) is 1.51. The first-order chi connectivity index (χ1) is 10.6. The zero-order chi connectivity index (χ0) is 16.7. The summed E-state index contributed by atoms with van der Waals surface area (Å²) in [4.78, 5) is 15.1. The molecule has 0 unspecified atom stereocenters. The lowest BCUT2D eigenvalue weighted by Gasteiger charge is -2.11. The Labute approximate surface area is 127 Å². The second-order valence-electron chi connectivity index (χ2n) is 4.34. The molecule has 0 saturated heterocycles. The Morgan fingerprint density at radius 1 is 1.55 bits per heavy atom. The van der Waals surface area contributed by atoms with E-state index in [1.165, 1.54) is 24.0 Å². The molecule has 2 heterocycles. The zero-order valence-corrected chi connectivity index (χ0v) is 12.4. The van der Waals surface area contributed by atoms with E-state index in [-0.39, 0.29) is 29.6 Å². The molecular formula is C14H20N4O4. The van der Waals surface area contributed by atoms with Crippen molar-refractivity contribution in [2.45, 2.75) is 18.9 Å². The van der Waals surface area contributed by atoms with Crippen molar-refractivity contribution in [3.05, 3.63) is 36.8 Å². The molecule has 0 aliphatic rings. The van der Waals surface area contributed by atoms with Crippen molar-refractivity contribution in [2.75, 3.05) is 19.5 Å². The first-order valence-electron chi connectivity index (χ1n) is 6.56. The van der Waals surface area contributed by atoms with Gasteiger partial charge in [-0.25, -0.2) is 14.3 Å². The van der Waals surface area contributed by atoms with Crippen LogP contribution >= 0.6 is 0 Å². The number of aromatic carboxylic acids is 1. The Morgan fingerprint density at radius 3 is 2.77 bits per heavy atom. The molecule has 0 spiro atoms. The van der Waals surface area contributed by atoms with Crippen LogP contribution in [0.5, 0.6) is 0 Å². The van der Waals surface area contributed by atoms with E-state index in [0.29, 0.717) is 18.5 Å². The zero-order valence-electron chi connectivity index (χ0n) is 12.4. The van der Waals surface area contributed by atoms with E-state index < -0.39 is 5.97 Å². The van der Waals surface area contributed by atoms with Gasteiger partial charge in [-0.15, -0.1) is 13.2 Å². The summed E-state index contributed by atoms with van der Waals surface area (Å²) in [6.45, 7) is 5.91. The highest BCUT2D eigenvalue weighted by Gasteiger charge is 2.19. The molecular weight excluding hydrogens is 288 g/mol. The monoisotopic (exact) mass is 308 g/mol. The van der Waals surface area contributed by atoms with Crippen LogP contribution in [-0.2, 0) is 11.2 Å². The third-order valence-corrected chi connectivity index (χ3v) is 3.15. The molecule has 0 fully saturated rings. The summed E-state index contributed by atoms with van der Waals surface area (Å²) in [5.74, 6) is -0.963. The summed E-state index contributed by atoms with van der Waals surface area (Å²) in [6, 6.07) is 1.52. The van der Waals surface area contributed by atoms with Crippen LogP contribution in [0.1, 0.15) is 22.5 Å². The molecule has 2 rings (SSSR count). The van der Waals surface area contributed by atoms with Gasteiger partial charge in [-0.2, -0.15) is 5.10 Å². The van der Waals surface area contributed by atoms with E-state index >= 15 is 0 Å². The SMILES string of the molecule is C=C.CO[C@H](CO)CCc1cc(C(=O)O)c2c(N)ncnn12. The molecule has 2 aromatic rings. The van der Waals surface area contributed by atoms with E-state index in [1.54, 1.807) is 0 Å².